The minimum atomic E-state index is -0.352. The highest BCUT2D eigenvalue weighted by Gasteiger charge is 2.27. The van der Waals surface area contributed by atoms with Crippen LogP contribution < -0.4 is 5.32 Å². The van der Waals surface area contributed by atoms with Crippen molar-refractivity contribution in [3.8, 4) is 0 Å². The minimum absolute atomic E-state index is 0.0640. The molecule has 0 spiro atoms. The Kier molecular flexibility index (Phi) is 6.63. The van der Waals surface area contributed by atoms with Crippen LogP contribution in [0.1, 0.15) is 33.6 Å². The smallest absolute Gasteiger partial charge is 0.262 e. The topological polar surface area (TPSA) is 58.6 Å². The van der Waals surface area contributed by atoms with Crippen LogP contribution in [0.15, 0.2) is 48.5 Å². The molecule has 1 N–H and O–H groups in total. The van der Waals surface area contributed by atoms with Gasteiger partial charge in [-0.05, 0) is 30.5 Å². The van der Waals surface area contributed by atoms with E-state index in [-0.39, 0.29) is 30.3 Å². The fraction of sp³-hybridized carbons (Fsp3) is 0.333. The highest BCUT2D eigenvalue weighted by atomic mass is 32.1. The first-order valence-electron chi connectivity index (χ1n) is 10.4. The number of rotatable bonds is 6. The number of carbonyl (C=O) groups excluding carboxylic acids is 2. The molecule has 2 aromatic carbocycles. The molecule has 2 amide bonds. The maximum absolute atomic E-state index is 14.4. The number of nitrogens with zero attached hydrogens (tertiary/aromatic N) is 1. The Morgan fingerprint density at radius 3 is 2.77 bits per heavy atom. The Morgan fingerprint density at radius 1 is 1.19 bits per heavy atom. The van der Waals surface area contributed by atoms with Crippen LogP contribution in [0.2, 0.25) is 0 Å². The van der Waals surface area contributed by atoms with E-state index in [1.807, 2.05) is 41.3 Å². The van der Waals surface area contributed by atoms with Gasteiger partial charge in [-0.2, -0.15) is 0 Å². The van der Waals surface area contributed by atoms with Crippen LogP contribution in [0.5, 0.6) is 0 Å². The molecule has 3 aromatic rings. The lowest BCUT2D eigenvalue weighted by atomic mass is 10.0. The van der Waals surface area contributed by atoms with E-state index in [1.54, 1.807) is 6.07 Å². The number of nitrogens with one attached hydrogen (secondary N) is 1. The normalized spacial score (nSPS) is 16.5. The number of thiophene rings is 1. The van der Waals surface area contributed by atoms with Crippen molar-refractivity contribution in [1.82, 2.24) is 10.2 Å². The van der Waals surface area contributed by atoms with Gasteiger partial charge in [-0.1, -0.05) is 36.4 Å². The van der Waals surface area contributed by atoms with E-state index in [9.17, 15) is 14.0 Å². The molecular formula is C24H25FN2O3S. The fourth-order valence-corrected chi connectivity index (χ4v) is 5.21. The number of methoxy groups -OCH3 is 1. The maximum Gasteiger partial charge on any atom is 0.262 e. The zero-order valence-electron chi connectivity index (χ0n) is 17.4. The van der Waals surface area contributed by atoms with E-state index < -0.39 is 0 Å². The third-order valence-electron chi connectivity index (χ3n) is 5.57. The van der Waals surface area contributed by atoms with Crippen LogP contribution >= 0.6 is 11.3 Å². The first kappa shape index (κ1) is 21.5. The van der Waals surface area contributed by atoms with Crippen LogP contribution in [0, 0.1) is 5.82 Å². The summed E-state index contributed by atoms with van der Waals surface area (Å²) in [6, 6.07) is 14.4. The average molecular weight is 441 g/mol. The number of amides is 2. The molecule has 162 valence electrons. The lowest BCUT2D eigenvalue weighted by Crippen LogP contribution is -2.50. The van der Waals surface area contributed by atoms with Gasteiger partial charge in [-0.3, -0.25) is 9.59 Å². The summed E-state index contributed by atoms with van der Waals surface area (Å²) in [6.45, 7) is 1.34. The highest BCUT2D eigenvalue weighted by Crippen LogP contribution is 2.34. The maximum atomic E-state index is 14.4. The zero-order valence-corrected chi connectivity index (χ0v) is 18.2. The molecular weight excluding hydrogens is 415 g/mol. The fourth-order valence-electron chi connectivity index (χ4n) is 4.09. The molecule has 1 aliphatic rings. The second-order valence-electron chi connectivity index (χ2n) is 7.77. The van der Waals surface area contributed by atoms with E-state index in [4.69, 9.17) is 4.74 Å². The Morgan fingerprint density at radius 2 is 2.00 bits per heavy atom. The van der Waals surface area contributed by atoms with Crippen LogP contribution in [0.3, 0.4) is 0 Å². The number of hydrogen-bond donors (Lipinski definition) is 1. The van der Waals surface area contributed by atoms with Gasteiger partial charge in [0.15, 0.2) is 0 Å². The van der Waals surface area contributed by atoms with Crippen LogP contribution in [0.4, 0.5) is 4.39 Å². The number of benzene rings is 2. The molecule has 1 atom stereocenters. The van der Waals surface area contributed by atoms with Crippen molar-refractivity contribution in [3.05, 3.63) is 70.4 Å². The summed E-state index contributed by atoms with van der Waals surface area (Å²) in [5.74, 6) is -0.528. The van der Waals surface area contributed by atoms with E-state index in [0.29, 0.717) is 35.3 Å². The summed E-state index contributed by atoms with van der Waals surface area (Å²) in [5, 5.41) is 3.51. The van der Waals surface area contributed by atoms with Gasteiger partial charge in [0.05, 0.1) is 17.9 Å². The first-order valence-corrected chi connectivity index (χ1v) is 11.2. The number of carbonyl (C=O) groups is 2. The van der Waals surface area contributed by atoms with E-state index >= 15 is 0 Å². The third-order valence-corrected chi connectivity index (χ3v) is 6.76. The summed E-state index contributed by atoms with van der Waals surface area (Å²) in [7, 11) is 1.53. The predicted molar refractivity (Wildman–Crippen MR) is 120 cm³/mol. The van der Waals surface area contributed by atoms with Crippen molar-refractivity contribution in [1.29, 1.82) is 0 Å². The number of fused-ring (bicyclic) bond motifs is 1. The number of halogens is 1. The van der Waals surface area contributed by atoms with Crippen LogP contribution in [-0.4, -0.2) is 43.0 Å². The van der Waals surface area contributed by atoms with Gasteiger partial charge in [0, 0.05) is 41.9 Å². The summed E-state index contributed by atoms with van der Waals surface area (Å²) in [6.07, 6.45) is 1.99. The predicted octanol–water partition coefficient (Wildman–Crippen LogP) is 4.15. The van der Waals surface area contributed by atoms with Crippen molar-refractivity contribution in [2.24, 2.45) is 0 Å². The van der Waals surface area contributed by atoms with Gasteiger partial charge in [0.1, 0.15) is 5.82 Å². The molecule has 2 heterocycles. The molecule has 1 aromatic heterocycles. The molecule has 31 heavy (non-hydrogen) atoms. The summed E-state index contributed by atoms with van der Waals surface area (Å²) in [4.78, 5) is 28.1. The third kappa shape index (κ3) is 4.78. The van der Waals surface area contributed by atoms with E-state index in [2.05, 4.69) is 5.32 Å². The molecule has 0 unspecified atom stereocenters. The molecule has 0 aliphatic carbocycles. The van der Waals surface area contributed by atoms with Crippen molar-refractivity contribution in [2.45, 2.75) is 31.9 Å². The Bertz CT molecular complexity index is 1080. The first-order chi connectivity index (χ1) is 15.1. The molecule has 0 bridgehead atoms. The molecule has 4 rings (SSSR count). The van der Waals surface area contributed by atoms with Gasteiger partial charge >= 0.3 is 0 Å². The lowest BCUT2D eigenvalue weighted by molar-refractivity contribution is -0.131. The van der Waals surface area contributed by atoms with Crippen LogP contribution in [-0.2, 0) is 22.6 Å². The average Bonchev–Trinajstić information content (AvgIpc) is 3.15. The highest BCUT2D eigenvalue weighted by molar-refractivity contribution is 7.21. The quantitative estimate of drug-likeness (QED) is 0.627. The number of likely N-dealkylation sites (tertiary alicyclic amines) is 1. The molecule has 5 nitrogen and oxygen atoms in total. The Hall–Kier alpha value is -2.77. The Balaban J connectivity index is 1.46. The summed E-state index contributed by atoms with van der Waals surface area (Å²) < 4.78 is 20.4. The Labute approximate surface area is 184 Å². The molecule has 0 saturated carbocycles. The second-order valence-corrected chi connectivity index (χ2v) is 8.82. The van der Waals surface area contributed by atoms with E-state index in [0.717, 1.165) is 23.1 Å². The van der Waals surface area contributed by atoms with Crippen molar-refractivity contribution in [3.63, 3.8) is 0 Å². The monoisotopic (exact) mass is 440 g/mol. The minimum Gasteiger partial charge on any atom is -0.380 e. The lowest BCUT2D eigenvalue weighted by Gasteiger charge is -2.33. The van der Waals surface area contributed by atoms with Crippen LogP contribution in [0.25, 0.3) is 10.1 Å². The standard InChI is InChI=1S/C24H25FN2O3S/c1-30-15-18-22-19(25)10-5-11-20(22)31-23(18)24(29)26-17-9-6-12-27(14-17)21(28)13-16-7-3-2-4-8-16/h2-5,7-8,10-11,17H,6,9,12-15H2,1H3,(H,26,29)/t17-/m0/s1. The summed E-state index contributed by atoms with van der Waals surface area (Å²) >= 11 is 1.27. The van der Waals surface area contributed by atoms with Crippen molar-refractivity contribution >= 4 is 33.2 Å². The van der Waals surface area contributed by atoms with Crippen molar-refractivity contribution in [2.75, 3.05) is 20.2 Å². The SMILES string of the molecule is COCc1c(C(=O)N[C@H]2CCCN(C(=O)Cc3ccccc3)C2)sc2cccc(F)c12. The van der Waals surface area contributed by atoms with Gasteiger partial charge < -0.3 is 15.0 Å². The molecule has 7 heteroatoms. The number of hydrogen-bond acceptors (Lipinski definition) is 4. The van der Waals surface area contributed by atoms with Gasteiger partial charge in [0.2, 0.25) is 5.91 Å². The van der Waals surface area contributed by atoms with Gasteiger partial charge in [0.25, 0.3) is 5.91 Å². The van der Waals surface area contributed by atoms with Gasteiger partial charge in [-0.15, -0.1) is 11.3 Å². The molecule has 1 saturated heterocycles. The molecule has 0 radical (unpaired) electrons. The molecule has 1 fully saturated rings. The zero-order chi connectivity index (χ0) is 21.8. The second kappa shape index (κ2) is 9.58. The molecule has 1 aliphatic heterocycles. The number of ether oxygens (including phenoxy) is 1. The van der Waals surface area contributed by atoms with Gasteiger partial charge in [-0.25, -0.2) is 4.39 Å². The number of piperidine rings is 1. The summed E-state index contributed by atoms with van der Waals surface area (Å²) in [5.41, 5.74) is 1.56. The van der Waals surface area contributed by atoms with Crippen molar-refractivity contribution < 1.29 is 18.7 Å². The van der Waals surface area contributed by atoms with E-state index in [1.165, 1.54) is 24.5 Å². The largest absolute Gasteiger partial charge is 0.380 e.